The fourth-order valence-corrected chi connectivity index (χ4v) is 5.05. The summed E-state index contributed by atoms with van der Waals surface area (Å²) in [5.41, 5.74) is 2.45. The van der Waals surface area contributed by atoms with Crippen LogP contribution in [0.15, 0.2) is 24.3 Å². The third-order valence-electron chi connectivity index (χ3n) is 5.42. The van der Waals surface area contributed by atoms with Gasteiger partial charge in [-0.3, -0.25) is 4.79 Å². The van der Waals surface area contributed by atoms with Crippen molar-refractivity contribution in [3.63, 3.8) is 0 Å². The monoisotopic (exact) mass is 412 g/mol. The largest absolute Gasteiger partial charge is 0.354 e. The maximum atomic E-state index is 12.8. The highest BCUT2D eigenvalue weighted by Crippen LogP contribution is 2.40. The van der Waals surface area contributed by atoms with E-state index in [0.717, 1.165) is 31.4 Å². The first-order valence-electron chi connectivity index (χ1n) is 9.66. The van der Waals surface area contributed by atoms with Gasteiger partial charge in [-0.2, -0.15) is 11.8 Å². The number of thioether (sulfide) groups is 1. The van der Waals surface area contributed by atoms with Crippen LogP contribution >= 0.6 is 11.8 Å². The number of nitrogens with one attached hydrogen (secondary N) is 2. The SMILES string of the molecule is CCS(=O)(=O)NC(CCSC)C(=O)NCC1(c2cccc(C)c2)CCCC1. The summed E-state index contributed by atoms with van der Waals surface area (Å²) in [4.78, 5) is 12.8. The van der Waals surface area contributed by atoms with E-state index in [1.54, 1.807) is 18.7 Å². The fraction of sp³-hybridized carbons (Fsp3) is 0.650. The lowest BCUT2D eigenvalue weighted by Crippen LogP contribution is -2.50. The zero-order valence-electron chi connectivity index (χ0n) is 16.6. The van der Waals surface area contributed by atoms with Crippen molar-refractivity contribution >= 4 is 27.7 Å². The van der Waals surface area contributed by atoms with Crippen LogP contribution < -0.4 is 10.0 Å². The van der Waals surface area contributed by atoms with Crippen LogP contribution in [0.3, 0.4) is 0 Å². The molecule has 1 saturated carbocycles. The van der Waals surface area contributed by atoms with Crippen LogP contribution in [-0.2, 0) is 20.2 Å². The van der Waals surface area contributed by atoms with E-state index in [1.165, 1.54) is 11.1 Å². The minimum absolute atomic E-state index is 0.0245. The summed E-state index contributed by atoms with van der Waals surface area (Å²) in [5, 5.41) is 3.06. The Labute approximate surface area is 168 Å². The minimum atomic E-state index is -3.42. The molecule has 1 aromatic rings. The first-order valence-corrected chi connectivity index (χ1v) is 12.7. The predicted molar refractivity (Wildman–Crippen MR) is 114 cm³/mol. The molecule has 1 atom stereocenters. The Morgan fingerprint density at radius 3 is 2.59 bits per heavy atom. The van der Waals surface area contributed by atoms with Crippen molar-refractivity contribution in [3.05, 3.63) is 35.4 Å². The highest BCUT2D eigenvalue weighted by molar-refractivity contribution is 7.98. The first-order chi connectivity index (χ1) is 12.8. The molecule has 5 nitrogen and oxygen atoms in total. The Bertz CT molecular complexity index is 728. The molecule has 1 fully saturated rings. The lowest BCUT2D eigenvalue weighted by molar-refractivity contribution is -0.123. The molecule has 1 unspecified atom stereocenters. The van der Waals surface area contributed by atoms with E-state index >= 15 is 0 Å². The lowest BCUT2D eigenvalue weighted by Gasteiger charge is -2.31. The summed E-state index contributed by atoms with van der Waals surface area (Å²) in [6.45, 7) is 4.22. The van der Waals surface area contributed by atoms with Crippen molar-refractivity contribution in [2.24, 2.45) is 0 Å². The van der Waals surface area contributed by atoms with Gasteiger partial charge < -0.3 is 5.32 Å². The molecule has 0 bridgehead atoms. The molecule has 0 spiro atoms. The third kappa shape index (κ3) is 6.22. The summed E-state index contributed by atoms with van der Waals surface area (Å²) >= 11 is 1.61. The third-order valence-corrected chi connectivity index (χ3v) is 7.47. The topological polar surface area (TPSA) is 75.3 Å². The van der Waals surface area contributed by atoms with Crippen molar-refractivity contribution < 1.29 is 13.2 Å². The van der Waals surface area contributed by atoms with Crippen LogP contribution in [-0.4, -0.2) is 44.7 Å². The molecule has 0 radical (unpaired) electrons. The standard InChI is InChI=1S/C20H32N2O3S2/c1-4-27(24,25)22-18(10-13-26-3)19(23)21-15-20(11-5-6-12-20)17-9-7-8-16(2)14-17/h7-9,14,18,22H,4-6,10-13,15H2,1-3H3,(H,21,23). The van der Waals surface area contributed by atoms with Gasteiger partial charge in [0.05, 0.1) is 5.75 Å². The summed E-state index contributed by atoms with van der Waals surface area (Å²) in [6, 6.07) is 7.81. The van der Waals surface area contributed by atoms with Gasteiger partial charge in [0.2, 0.25) is 15.9 Å². The quantitative estimate of drug-likeness (QED) is 0.619. The Hall–Kier alpha value is -1.05. The summed E-state index contributed by atoms with van der Waals surface area (Å²) in [5.74, 6) is 0.483. The van der Waals surface area contributed by atoms with Crippen LogP contribution in [0.1, 0.15) is 50.2 Å². The van der Waals surface area contributed by atoms with Gasteiger partial charge in [0, 0.05) is 12.0 Å². The number of rotatable bonds is 10. The number of hydrogen-bond donors (Lipinski definition) is 2. The van der Waals surface area contributed by atoms with Crippen LogP contribution in [0.2, 0.25) is 0 Å². The Morgan fingerprint density at radius 2 is 2.00 bits per heavy atom. The maximum absolute atomic E-state index is 12.8. The zero-order chi connectivity index (χ0) is 19.9. The molecule has 0 aromatic heterocycles. The summed E-state index contributed by atoms with van der Waals surface area (Å²) < 4.78 is 26.5. The smallest absolute Gasteiger partial charge is 0.238 e. The second-order valence-electron chi connectivity index (χ2n) is 7.43. The molecular weight excluding hydrogens is 380 g/mol. The zero-order valence-corrected chi connectivity index (χ0v) is 18.2. The first kappa shape index (κ1) is 22.2. The van der Waals surface area contributed by atoms with E-state index in [0.29, 0.717) is 13.0 Å². The van der Waals surface area contributed by atoms with Crippen LogP contribution in [0.5, 0.6) is 0 Å². The van der Waals surface area contributed by atoms with Gasteiger partial charge in [-0.15, -0.1) is 0 Å². The molecule has 1 aliphatic rings. The van der Waals surface area contributed by atoms with E-state index in [4.69, 9.17) is 0 Å². The van der Waals surface area contributed by atoms with Gasteiger partial charge in [-0.25, -0.2) is 13.1 Å². The highest BCUT2D eigenvalue weighted by Gasteiger charge is 2.36. The van der Waals surface area contributed by atoms with Gasteiger partial charge in [0.1, 0.15) is 6.04 Å². The number of aryl methyl sites for hydroxylation is 1. The van der Waals surface area contributed by atoms with Crippen LogP contribution in [0.25, 0.3) is 0 Å². The molecule has 27 heavy (non-hydrogen) atoms. The molecule has 0 aliphatic heterocycles. The number of carbonyl (C=O) groups excluding carboxylic acids is 1. The molecular formula is C20H32N2O3S2. The molecule has 1 amide bonds. The molecule has 2 N–H and O–H groups in total. The van der Waals surface area contributed by atoms with Gasteiger partial charge in [0.15, 0.2) is 0 Å². The van der Waals surface area contributed by atoms with Crippen molar-refractivity contribution in [3.8, 4) is 0 Å². The van der Waals surface area contributed by atoms with E-state index in [9.17, 15) is 13.2 Å². The van der Waals surface area contributed by atoms with Crippen molar-refractivity contribution in [1.29, 1.82) is 0 Å². The number of carbonyl (C=O) groups is 1. The summed E-state index contributed by atoms with van der Waals surface area (Å²) in [6.07, 6.45) is 6.85. The number of sulfonamides is 1. The minimum Gasteiger partial charge on any atom is -0.354 e. The highest BCUT2D eigenvalue weighted by atomic mass is 32.2. The van der Waals surface area contributed by atoms with Crippen molar-refractivity contribution in [1.82, 2.24) is 10.0 Å². The normalized spacial score (nSPS) is 17.6. The van der Waals surface area contributed by atoms with Gasteiger partial charge in [0.25, 0.3) is 0 Å². The van der Waals surface area contributed by atoms with E-state index in [2.05, 4.69) is 41.2 Å². The summed E-state index contributed by atoms with van der Waals surface area (Å²) in [7, 11) is -3.42. The molecule has 1 aromatic carbocycles. The molecule has 0 saturated heterocycles. The van der Waals surface area contributed by atoms with Crippen LogP contribution in [0, 0.1) is 6.92 Å². The average molecular weight is 413 g/mol. The molecule has 2 rings (SSSR count). The lowest BCUT2D eigenvalue weighted by atomic mass is 9.78. The number of benzene rings is 1. The van der Waals surface area contributed by atoms with Crippen LogP contribution in [0.4, 0.5) is 0 Å². The van der Waals surface area contributed by atoms with Crippen molar-refractivity contribution in [2.75, 3.05) is 24.3 Å². The predicted octanol–water partition coefficient (Wildman–Crippen LogP) is 2.98. The average Bonchev–Trinajstić information content (AvgIpc) is 3.13. The number of amides is 1. The second-order valence-corrected chi connectivity index (χ2v) is 10.5. The molecule has 152 valence electrons. The van der Waals surface area contributed by atoms with E-state index in [1.807, 2.05) is 6.26 Å². The van der Waals surface area contributed by atoms with Crippen molar-refractivity contribution in [2.45, 2.75) is 57.4 Å². The van der Waals surface area contributed by atoms with Gasteiger partial charge in [-0.1, -0.05) is 42.7 Å². The Balaban J connectivity index is 2.11. The molecule has 1 aliphatic carbocycles. The molecule has 0 heterocycles. The molecule has 7 heteroatoms. The van der Waals surface area contributed by atoms with Gasteiger partial charge >= 0.3 is 0 Å². The second kappa shape index (κ2) is 9.94. The Kier molecular flexibility index (Phi) is 8.19. The van der Waals surface area contributed by atoms with Gasteiger partial charge in [-0.05, 0) is 50.7 Å². The van der Waals surface area contributed by atoms with E-state index in [-0.39, 0.29) is 17.1 Å². The maximum Gasteiger partial charge on any atom is 0.238 e. The Morgan fingerprint density at radius 1 is 1.30 bits per heavy atom. The van der Waals surface area contributed by atoms with E-state index < -0.39 is 16.1 Å². The number of hydrogen-bond acceptors (Lipinski definition) is 4. The fourth-order valence-electron chi connectivity index (χ4n) is 3.75.